The Morgan fingerprint density at radius 1 is 1.29 bits per heavy atom. The molecule has 4 rings (SSSR count). The SMILES string of the molecule is C=N/C(=C\C=C/C)c1nc2cc(F)cc(F)c2c(Nc2cc(Br)cnc2C2=CCOCC2)c1C. The number of nitrogens with zero attached hydrogens (tertiary/aromatic N) is 3. The zero-order valence-corrected chi connectivity index (χ0v) is 20.4. The molecule has 3 aromatic rings. The Balaban J connectivity index is 1.97. The van der Waals surface area contributed by atoms with Crippen molar-refractivity contribution in [1.82, 2.24) is 9.97 Å². The average Bonchev–Trinajstić information content (AvgIpc) is 2.82. The number of allylic oxidation sites excluding steroid dienone is 3. The van der Waals surface area contributed by atoms with Crippen LogP contribution < -0.4 is 5.32 Å². The molecule has 0 amide bonds. The smallest absolute Gasteiger partial charge is 0.137 e. The van der Waals surface area contributed by atoms with Crippen LogP contribution in [0.3, 0.4) is 0 Å². The van der Waals surface area contributed by atoms with E-state index in [9.17, 15) is 4.39 Å². The van der Waals surface area contributed by atoms with Crippen LogP contribution in [0.25, 0.3) is 22.2 Å². The van der Waals surface area contributed by atoms with Gasteiger partial charge >= 0.3 is 0 Å². The maximum atomic E-state index is 15.1. The lowest BCUT2D eigenvalue weighted by Gasteiger charge is -2.20. The van der Waals surface area contributed by atoms with Crippen molar-refractivity contribution in [2.24, 2.45) is 4.99 Å². The zero-order valence-electron chi connectivity index (χ0n) is 18.8. The van der Waals surface area contributed by atoms with Crippen LogP contribution in [0.1, 0.15) is 30.3 Å². The Labute approximate surface area is 205 Å². The summed E-state index contributed by atoms with van der Waals surface area (Å²) in [4.78, 5) is 13.3. The molecule has 8 heteroatoms. The van der Waals surface area contributed by atoms with Crippen molar-refractivity contribution in [3.63, 3.8) is 0 Å². The predicted molar refractivity (Wildman–Crippen MR) is 137 cm³/mol. The van der Waals surface area contributed by atoms with Gasteiger partial charge in [0.15, 0.2) is 0 Å². The van der Waals surface area contributed by atoms with E-state index in [0.29, 0.717) is 48.0 Å². The van der Waals surface area contributed by atoms with E-state index in [-0.39, 0.29) is 10.9 Å². The monoisotopic (exact) mass is 524 g/mol. The molecule has 0 radical (unpaired) electrons. The predicted octanol–water partition coefficient (Wildman–Crippen LogP) is 7.14. The van der Waals surface area contributed by atoms with Crippen molar-refractivity contribution in [2.45, 2.75) is 20.3 Å². The Bertz CT molecular complexity index is 1360. The summed E-state index contributed by atoms with van der Waals surface area (Å²) in [5.74, 6) is -1.42. The largest absolute Gasteiger partial charge is 0.377 e. The minimum atomic E-state index is -0.708. The van der Waals surface area contributed by atoms with Gasteiger partial charge < -0.3 is 10.1 Å². The second-order valence-electron chi connectivity index (χ2n) is 7.71. The number of hydrogen-bond donors (Lipinski definition) is 1. The maximum Gasteiger partial charge on any atom is 0.137 e. The molecule has 1 N–H and O–H groups in total. The molecule has 0 atom stereocenters. The molecule has 2 aromatic heterocycles. The highest BCUT2D eigenvalue weighted by Gasteiger charge is 2.21. The Morgan fingerprint density at radius 2 is 2.12 bits per heavy atom. The van der Waals surface area contributed by atoms with Crippen molar-refractivity contribution >= 4 is 56.2 Å². The van der Waals surface area contributed by atoms with E-state index >= 15 is 4.39 Å². The van der Waals surface area contributed by atoms with Crippen molar-refractivity contribution in [3.05, 3.63) is 81.8 Å². The van der Waals surface area contributed by atoms with Gasteiger partial charge in [-0.25, -0.2) is 13.8 Å². The number of pyridine rings is 2. The first-order valence-electron chi connectivity index (χ1n) is 10.7. The standard InChI is InChI=1S/C26H23BrF2N4O/c1-4-5-6-20(30-3)24-15(2)25(23-19(29)12-18(28)13-21(23)32-24)33-22-11-17(27)14-31-26(22)16-7-9-34-10-8-16/h4-7,11-14H,3,8-10H2,1-2H3,(H,32,33)/b5-4-,20-6-. The summed E-state index contributed by atoms with van der Waals surface area (Å²) in [7, 11) is 0. The van der Waals surface area contributed by atoms with Gasteiger partial charge in [0.25, 0.3) is 0 Å². The van der Waals surface area contributed by atoms with Gasteiger partial charge in [-0.05, 0) is 60.6 Å². The minimum Gasteiger partial charge on any atom is -0.377 e. The van der Waals surface area contributed by atoms with Crippen molar-refractivity contribution in [1.29, 1.82) is 0 Å². The maximum absolute atomic E-state index is 15.1. The van der Waals surface area contributed by atoms with Gasteiger partial charge in [0.05, 0.1) is 52.6 Å². The molecule has 0 unspecified atom stereocenters. The topological polar surface area (TPSA) is 59.4 Å². The Kier molecular flexibility index (Phi) is 7.29. The molecular formula is C26H23BrF2N4O. The quantitative estimate of drug-likeness (QED) is 0.275. The summed E-state index contributed by atoms with van der Waals surface area (Å²) >= 11 is 3.48. The van der Waals surface area contributed by atoms with Crippen molar-refractivity contribution in [2.75, 3.05) is 18.5 Å². The summed E-state index contributed by atoms with van der Waals surface area (Å²) < 4.78 is 35.4. The summed E-state index contributed by atoms with van der Waals surface area (Å²) in [6.07, 6.45) is 9.83. The third-order valence-corrected chi connectivity index (χ3v) is 5.92. The number of halogens is 3. The summed E-state index contributed by atoms with van der Waals surface area (Å²) in [6, 6.07) is 3.95. The summed E-state index contributed by atoms with van der Waals surface area (Å²) in [5.41, 5.74) is 4.70. The molecule has 0 aliphatic carbocycles. The lowest BCUT2D eigenvalue weighted by molar-refractivity contribution is 0.161. The normalized spacial score (nSPS) is 14.5. The third kappa shape index (κ3) is 4.83. The van der Waals surface area contributed by atoms with Gasteiger partial charge in [-0.1, -0.05) is 18.2 Å². The van der Waals surface area contributed by atoms with Crippen molar-refractivity contribution in [3.8, 4) is 0 Å². The molecule has 174 valence electrons. The fraction of sp³-hybridized carbons (Fsp3) is 0.192. The first-order valence-corrected chi connectivity index (χ1v) is 11.5. The van der Waals surface area contributed by atoms with Gasteiger partial charge in [0, 0.05) is 28.4 Å². The van der Waals surface area contributed by atoms with Gasteiger partial charge in [-0.15, -0.1) is 0 Å². The molecule has 0 bridgehead atoms. The van der Waals surface area contributed by atoms with E-state index in [1.54, 1.807) is 12.3 Å². The fourth-order valence-corrected chi connectivity index (χ4v) is 4.20. The number of benzene rings is 1. The number of hydrogen-bond acceptors (Lipinski definition) is 5. The van der Waals surface area contributed by atoms with Crippen LogP contribution in [0.15, 0.2) is 58.2 Å². The molecule has 0 spiro atoms. The first-order chi connectivity index (χ1) is 16.4. The lowest BCUT2D eigenvalue weighted by atomic mass is 10.0. The van der Waals surface area contributed by atoms with Crippen LogP contribution in [0, 0.1) is 18.6 Å². The molecule has 0 saturated carbocycles. The number of aliphatic imine (C=N–C) groups is 1. The van der Waals surface area contributed by atoms with Crippen LogP contribution in [0.5, 0.6) is 0 Å². The van der Waals surface area contributed by atoms with E-state index in [2.05, 4.69) is 42.9 Å². The molecule has 34 heavy (non-hydrogen) atoms. The highest BCUT2D eigenvalue weighted by atomic mass is 79.9. The van der Waals surface area contributed by atoms with E-state index in [1.165, 1.54) is 6.07 Å². The van der Waals surface area contributed by atoms with Crippen LogP contribution in [-0.2, 0) is 4.74 Å². The number of anilines is 2. The first kappa shape index (κ1) is 23.9. The molecule has 3 heterocycles. The molecule has 1 aromatic carbocycles. The average molecular weight is 525 g/mol. The van der Waals surface area contributed by atoms with E-state index < -0.39 is 11.6 Å². The van der Waals surface area contributed by atoms with Crippen molar-refractivity contribution < 1.29 is 13.5 Å². The number of rotatable bonds is 6. The molecular weight excluding hydrogens is 502 g/mol. The molecule has 1 aliphatic rings. The summed E-state index contributed by atoms with van der Waals surface area (Å²) in [5, 5.41) is 3.56. The second-order valence-corrected chi connectivity index (χ2v) is 8.62. The van der Waals surface area contributed by atoms with E-state index in [1.807, 2.05) is 38.1 Å². The van der Waals surface area contributed by atoms with Crippen LogP contribution in [0.2, 0.25) is 0 Å². The highest BCUT2D eigenvalue weighted by molar-refractivity contribution is 9.10. The number of aromatic nitrogens is 2. The van der Waals surface area contributed by atoms with E-state index in [0.717, 1.165) is 21.8 Å². The van der Waals surface area contributed by atoms with Crippen LogP contribution in [0.4, 0.5) is 20.2 Å². The molecule has 0 fully saturated rings. The third-order valence-electron chi connectivity index (χ3n) is 5.49. The highest BCUT2D eigenvalue weighted by Crippen LogP contribution is 2.38. The molecule has 5 nitrogen and oxygen atoms in total. The molecule has 0 saturated heterocycles. The lowest BCUT2D eigenvalue weighted by Crippen LogP contribution is -2.08. The van der Waals surface area contributed by atoms with Gasteiger partial charge in [-0.2, -0.15) is 0 Å². The van der Waals surface area contributed by atoms with Crippen LogP contribution >= 0.6 is 15.9 Å². The Morgan fingerprint density at radius 3 is 2.82 bits per heavy atom. The van der Waals surface area contributed by atoms with Gasteiger partial charge in [0.1, 0.15) is 11.6 Å². The van der Waals surface area contributed by atoms with Gasteiger partial charge in [0.2, 0.25) is 0 Å². The number of nitrogens with one attached hydrogen (secondary N) is 1. The second kappa shape index (κ2) is 10.4. The number of ether oxygens (including phenoxy) is 1. The fourth-order valence-electron chi connectivity index (χ4n) is 3.87. The van der Waals surface area contributed by atoms with Crippen LogP contribution in [-0.4, -0.2) is 29.9 Å². The minimum absolute atomic E-state index is 0.172. The molecule has 1 aliphatic heterocycles. The Hall–Kier alpha value is -3.23. The van der Waals surface area contributed by atoms with E-state index in [4.69, 9.17) is 4.74 Å². The summed E-state index contributed by atoms with van der Waals surface area (Å²) in [6.45, 7) is 8.45. The number of fused-ring (bicyclic) bond motifs is 1. The van der Waals surface area contributed by atoms with Gasteiger partial charge in [-0.3, -0.25) is 9.98 Å². The zero-order chi connectivity index (χ0) is 24.2.